The zero-order valence-electron chi connectivity index (χ0n) is 10.6. The zero-order chi connectivity index (χ0) is 12.6. The summed E-state index contributed by atoms with van der Waals surface area (Å²) in [6, 6.07) is 6.39. The third kappa shape index (κ3) is 3.24. The van der Waals surface area contributed by atoms with Gasteiger partial charge in [-0.25, -0.2) is 0 Å². The van der Waals surface area contributed by atoms with Gasteiger partial charge in [-0.15, -0.1) is 0 Å². The van der Waals surface area contributed by atoms with Gasteiger partial charge in [0.1, 0.15) is 0 Å². The van der Waals surface area contributed by atoms with Gasteiger partial charge in [0.2, 0.25) is 0 Å². The van der Waals surface area contributed by atoms with Gasteiger partial charge in [-0.05, 0) is 48.9 Å². The van der Waals surface area contributed by atoms with Crippen LogP contribution in [0.5, 0.6) is 0 Å². The van der Waals surface area contributed by atoms with E-state index in [0.29, 0.717) is 11.5 Å². The molecule has 0 spiro atoms. The summed E-state index contributed by atoms with van der Waals surface area (Å²) in [7, 11) is 0. The largest absolute Gasteiger partial charge is 0.310 e. The van der Waals surface area contributed by atoms with Crippen molar-refractivity contribution in [3.63, 3.8) is 0 Å². The number of halogens is 2. The first-order valence-electron chi connectivity index (χ1n) is 6.08. The maximum atomic E-state index is 6.24. The highest BCUT2D eigenvalue weighted by Gasteiger charge is 2.44. The SMILES string of the molecule is CC(NCC1CC1(C)C)c1ccc(Br)cc1Cl. The molecule has 2 unspecified atom stereocenters. The highest BCUT2D eigenvalue weighted by molar-refractivity contribution is 9.10. The van der Waals surface area contributed by atoms with Crippen LogP contribution in [0.1, 0.15) is 38.8 Å². The van der Waals surface area contributed by atoms with E-state index in [9.17, 15) is 0 Å². The predicted molar refractivity (Wildman–Crippen MR) is 77.5 cm³/mol. The Hall–Kier alpha value is -0.0500. The Morgan fingerprint density at radius 3 is 2.71 bits per heavy atom. The minimum atomic E-state index is 0.312. The lowest BCUT2D eigenvalue weighted by molar-refractivity contribution is 0.485. The lowest BCUT2D eigenvalue weighted by Crippen LogP contribution is -2.22. The molecule has 1 aromatic carbocycles. The quantitative estimate of drug-likeness (QED) is 0.841. The first-order chi connectivity index (χ1) is 7.90. The van der Waals surface area contributed by atoms with E-state index in [1.807, 2.05) is 12.1 Å². The van der Waals surface area contributed by atoms with E-state index in [-0.39, 0.29) is 0 Å². The average Bonchev–Trinajstić information content (AvgIpc) is 2.83. The summed E-state index contributed by atoms with van der Waals surface area (Å²) < 4.78 is 1.03. The summed E-state index contributed by atoms with van der Waals surface area (Å²) in [6.07, 6.45) is 1.33. The molecule has 1 aromatic rings. The van der Waals surface area contributed by atoms with Crippen molar-refractivity contribution >= 4 is 27.5 Å². The summed E-state index contributed by atoms with van der Waals surface area (Å²) in [5.74, 6) is 0.819. The van der Waals surface area contributed by atoms with Crippen LogP contribution in [0.2, 0.25) is 5.02 Å². The molecule has 94 valence electrons. The molecule has 0 heterocycles. The number of hydrogen-bond donors (Lipinski definition) is 1. The monoisotopic (exact) mass is 315 g/mol. The first kappa shape index (κ1) is 13.4. The van der Waals surface area contributed by atoms with E-state index in [0.717, 1.165) is 22.0 Å². The van der Waals surface area contributed by atoms with Crippen LogP contribution in [0, 0.1) is 11.3 Å². The van der Waals surface area contributed by atoms with Gasteiger partial charge in [0.05, 0.1) is 0 Å². The minimum Gasteiger partial charge on any atom is -0.310 e. The van der Waals surface area contributed by atoms with Crippen molar-refractivity contribution in [2.45, 2.75) is 33.2 Å². The Bertz CT molecular complexity index is 417. The number of nitrogens with one attached hydrogen (secondary N) is 1. The third-order valence-corrected chi connectivity index (χ3v) is 4.64. The van der Waals surface area contributed by atoms with Crippen LogP contribution in [0.15, 0.2) is 22.7 Å². The van der Waals surface area contributed by atoms with Crippen LogP contribution in [0.3, 0.4) is 0 Å². The van der Waals surface area contributed by atoms with Gasteiger partial charge in [0.15, 0.2) is 0 Å². The Balaban J connectivity index is 1.93. The van der Waals surface area contributed by atoms with Crippen LogP contribution in [-0.4, -0.2) is 6.54 Å². The average molecular weight is 317 g/mol. The van der Waals surface area contributed by atoms with Gasteiger partial charge in [-0.3, -0.25) is 0 Å². The summed E-state index contributed by atoms with van der Waals surface area (Å²) in [6.45, 7) is 7.91. The van der Waals surface area contributed by atoms with E-state index >= 15 is 0 Å². The highest BCUT2D eigenvalue weighted by atomic mass is 79.9. The van der Waals surface area contributed by atoms with E-state index in [1.165, 1.54) is 12.0 Å². The maximum absolute atomic E-state index is 6.24. The molecule has 1 fully saturated rings. The van der Waals surface area contributed by atoms with E-state index < -0.39 is 0 Å². The fourth-order valence-electron chi connectivity index (χ4n) is 2.21. The number of benzene rings is 1. The second kappa shape index (κ2) is 4.91. The van der Waals surface area contributed by atoms with Crippen molar-refractivity contribution in [2.75, 3.05) is 6.54 Å². The van der Waals surface area contributed by atoms with Crippen molar-refractivity contribution in [1.82, 2.24) is 5.32 Å². The summed E-state index contributed by atoms with van der Waals surface area (Å²) in [5, 5.41) is 4.41. The van der Waals surface area contributed by atoms with Gasteiger partial charge in [-0.1, -0.05) is 47.4 Å². The van der Waals surface area contributed by atoms with Gasteiger partial charge < -0.3 is 5.32 Å². The van der Waals surface area contributed by atoms with Crippen molar-refractivity contribution in [3.8, 4) is 0 Å². The fourth-order valence-corrected chi connectivity index (χ4v) is 3.04. The molecule has 0 bridgehead atoms. The molecule has 0 aromatic heterocycles. The molecule has 1 saturated carbocycles. The molecule has 0 amide bonds. The predicted octanol–water partition coefficient (Wildman–Crippen LogP) is 4.80. The van der Waals surface area contributed by atoms with Crippen LogP contribution < -0.4 is 5.32 Å². The summed E-state index contributed by atoms with van der Waals surface area (Å²) in [5.41, 5.74) is 1.71. The van der Waals surface area contributed by atoms with Crippen LogP contribution in [0.25, 0.3) is 0 Å². The van der Waals surface area contributed by atoms with Gasteiger partial charge in [0.25, 0.3) is 0 Å². The van der Waals surface area contributed by atoms with Crippen LogP contribution >= 0.6 is 27.5 Å². The molecule has 0 radical (unpaired) electrons. The third-order valence-electron chi connectivity index (χ3n) is 3.82. The van der Waals surface area contributed by atoms with E-state index in [1.54, 1.807) is 0 Å². The Labute approximate surface area is 117 Å². The van der Waals surface area contributed by atoms with Crippen molar-refractivity contribution in [1.29, 1.82) is 0 Å². The molecule has 1 nitrogen and oxygen atoms in total. The van der Waals surface area contributed by atoms with Crippen molar-refractivity contribution < 1.29 is 0 Å². The molecular weight excluding hydrogens is 298 g/mol. The molecular formula is C14H19BrClN. The van der Waals surface area contributed by atoms with E-state index in [2.05, 4.69) is 48.1 Å². The normalized spacial score (nSPS) is 23.5. The molecule has 17 heavy (non-hydrogen) atoms. The topological polar surface area (TPSA) is 12.0 Å². The fraction of sp³-hybridized carbons (Fsp3) is 0.571. The first-order valence-corrected chi connectivity index (χ1v) is 7.25. The lowest BCUT2D eigenvalue weighted by atomic mass is 10.1. The van der Waals surface area contributed by atoms with Crippen LogP contribution in [0.4, 0.5) is 0 Å². The smallest absolute Gasteiger partial charge is 0.0464 e. The number of rotatable bonds is 4. The van der Waals surface area contributed by atoms with Crippen molar-refractivity contribution in [3.05, 3.63) is 33.3 Å². The lowest BCUT2D eigenvalue weighted by Gasteiger charge is -2.16. The molecule has 1 aliphatic rings. The highest BCUT2D eigenvalue weighted by Crippen LogP contribution is 2.51. The second-order valence-corrected chi connectivity index (χ2v) is 7.01. The molecule has 3 heteroatoms. The molecule has 1 N–H and O–H groups in total. The standard InChI is InChI=1S/C14H19BrClN/c1-9(17-8-10-7-14(10,2)3)12-5-4-11(15)6-13(12)16/h4-6,9-10,17H,7-8H2,1-3H3. The Morgan fingerprint density at radius 2 is 2.18 bits per heavy atom. The molecule has 0 aliphatic heterocycles. The zero-order valence-corrected chi connectivity index (χ0v) is 12.9. The van der Waals surface area contributed by atoms with Gasteiger partial charge in [-0.2, -0.15) is 0 Å². The van der Waals surface area contributed by atoms with E-state index in [4.69, 9.17) is 11.6 Å². The van der Waals surface area contributed by atoms with Gasteiger partial charge >= 0.3 is 0 Å². The molecule has 2 rings (SSSR count). The second-order valence-electron chi connectivity index (χ2n) is 5.69. The summed E-state index contributed by atoms with van der Waals surface area (Å²) in [4.78, 5) is 0. The van der Waals surface area contributed by atoms with Gasteiger partial charge in [0, 0.05) is 15.5 Å². The van der Waals surface area contributed by atoms with Crippen molar-refractivity contribution in [2.24, 2.45) is 11.3 Å². The minimum absolute atomic E-state index is 0.312. The van der Waals surface area contributed by atoms with Crippen LogP contribution in [-0.2, 0) is 0 Å². The Kier molecular flexibility index (Phi) is 3.86. The number of hydrogen-bond acceptors (Lipinski definition) is 1. The molecule has 0 saturated heterocycles. The molecule has 2 atom stereocenters. The maximum Gasteiger partial charge on any atom is 0.0464 e. The molecule has 1 aliphatic carbocycles. The summed E-state index contributed by atoms with van der Waals surface area (Å²) >= 11 is 9.67. The Morgan fingerprint density at radius 1 is 1.53 bits per heavy atom.